The fraction of sp³-hybridized carbons (Fsp3) is 0.235. The van der Waals surface area contributed by atoms with Gasteiger partial charge in [0.15, 0.2) is 5.82 Å². The molecule has 0 bridgehead atoms. The van der Waals surface area contributed by atoms with Crippen molar-refractivity contribution in [2.45, 2.75) is 26.8 Å². The van der Waals surface area contributed by atoms with Crippen molar-refractivity contribution in [1.82, 2.24) is 15.1 Å². The van der Waals surface area contributed by atoms with Gasteiger partial charge in [-0.15, -0.1) is 0 Å². The minimum Gasteiger partial charge on any atom is -0.381 e. The molecule has 0 unspecified atom stereocenters. The second-order valence-electron chi connectivity index (χ2n) is 5.06. The highest BCUT2D eigenvalue weighted by atomic mass is 16.5. The van der Waals surface area contributed by atoms with Crippen LogP contribution in [0.4, 0.5) is 5.69 Å². The van der Waals surface area contributed by atoms with Crippen LogP contribution >= 0.6 is 0 Å². The SMILES string of the molecule is CCc1noc(-c2cccc(NCc3cccnc3)c2C)n1. The Hall–Kier alpha value is -2.69. The first-order chi connectivity index (χ1) is 10.8. The van der Waals surface area contributed by atoms with Gasteiger partial charge >= 0.3 is 0 Å². The zero-order valence-corrected chi connectivity index (χ0v) is 12.7. The van der Waals surface area contributed by atoms with E-state index in [4.69, 9.17) is 4.52 Å². The van der Waals surface area contributed by atoms with E-state index < -0.39 is 0 Å². The summed E-state index contributed by atoms with van der Waals surface area (Å²) in [7, 11) is 0. The Kier molecular flexibility index (Phi) is 4.14. The van der Waals surface area contributed by atoms with Gasteiger partial charge in [0, 0.05) is 36.6 Å². The van der Waals surface area contributed by atoms with Crippen molar-refractivity contribution >= 4 is 5.69 Å². The molecule has 2 heterocycles. The molecule has 0 saturated carbocycles. The average molecular weight is 294 g/mol. The molecule has 0 saturated heterocycles. The highest BCUT2D eigenvalue weighted by Gasteiger charge is 2.12. The maximum Gasteiger partial charge on any atom is 0.258 e. The third kappa shape index (κ3) is 2.98. The number of hydrogen-bond acceptors (Lipinski definition) is 5. The van der Waals surface area contributed by atoms with Crippen molar-refractivity contribution < 1.29 is 4.52 Å². The van der Waals surface area contributed by atoms with Gasteiger partial charge in [-0.3, -0.25) is 4.98 Å². The first kappa shape index (κ1) is 14.3. The number of hydrogen-bond donors (Lipinski definition) is 1. The van der Waals surface area contributed by atoms with Gasteiger partial charge in [0.05, 0.1) is 0 Å². The van der Waals surface area contributed by atoms with E-state index in [0.717, 1.165) is 41.2 Å². The van der Waals surface area contributed by atoms with Crippen LogP contribution in [0.5, 0.6) is 0 Å². The lowest BCUT2D eigenvalue weighted by Crippen LogP contribution is -2.02. The number of nitrogens with one attached hydrogen (secondary N) is 1. The summed E-state index contributed by atoms with van der Waals surface area (Å²) < 4.78 is 5.34. The third-order valence-corrected chi connectivity index (χ3v) is 3.55. The summed E-state index contributed by atoms with van der Waals surface area (Å²) in [5, 5.41) is 7.39. The summed E-state index contributed by atoms with van der Waals surface area (Å²) in [5.41, 5.74) is 4.25. The summed E-state index contributed by atoms with van der Waals surface area (Å²) in [6.07, 6.45) is 4.40. The molecule has 0 aliphatic carbocycles. The molecule has 2 aromatic heterocycles. The van der Waals surface area contributed by atoms with Gasteiger partial charge < -0.3 is 9.84 Å². The van der Waals surface area contributed by atoms with Crippen molar-refractivity contribution in [3.05, 3.63) is 59.7 Å². The Morgan fingerprint density at radius 2 is 2.09 bits per heavy atom. The normalized spacial score (nSPS) is 10.6. The Balaban J connectivity index is 1.82. The molecule has 3 aromatic rings. The largest absolute Gasteiger partial charge is 0.381 e. The first-order valence-corrected chi connectivity index (χ1v) is 7.33. The predicted molar refractivity (Wildman–Crippen MR) is 85.4 cm³/mol. The van der Waals surface area contributed by atoms with Crippen LogP contribution in [0.2, 0.25) is 0 Å². The van der Waals surface area contributed by atoms with Crippen molar-refractivity contribution in [3.63, 3.8) is 0 Å². The highest BCUT2D eigenvalue weighted by Crippen LogP contribution is 2.27. The van der Waals surface area contributed by atoms with E-state index in [1.807, 2.05) is 43.5 Å². The van der Waals surface area contributed by atoms with E-state index in [1.165, 1.54) is 0 Å². The zero-order valence-electron chi connectivity index (χ0n) is 12.7. The van der Waals surface area contributed by atoms with Gasteiger partial charge in [0.25, 0.3) is 5.89 Å². The summed E-state index contributed by atoms with van der Waals surface area (Å²) in [6.45, 7) is 4.78. The van der Waals surface area contributed by atoms with Crippen molar-refractivity contribution in [1.29, 1.82) is 0 Å². The topological polar surface area (TPSA) is 63.8 Å². The van der Waals surface area contributed by atoms with Gasteiger partial charge in [-0.05, 0) is 36.2 Å². The second kappa shape index (κ2) is 6.39. The molecule has 0 atom stereocenters. The van der Waals surface area contributed by atoms with E-state index in [2.05, 4.69) is 27.4 Å². The van der Waals surface area contributed by atoms with Gasteiger partial charge in [-0.25, -0.2) is 0 Å². The molecule has 3 rings (SSSR count). The molecule has 5 nitrogen and oxygen atoms in total. The molecule has 112 valence electrons. The molecule has 0 aliphatic heterocycles. The van der Waals surface area contributed by atoms with E-state index in [0.29, 0.717) is 5.89 Å². The third-order valence-electron chi connectivity index (χ3n) is 3.55. The van der Waals surface area contributed by atoms with Gasteiger partial charge in [-0.2, -0.15) is 4.98 Å². The lowest BCUT2D eigenvalue weighted by Gasteiger charge is -2.11. The van der Waals surface area contributed by atoms with Gasteiger partial charge in [0.1, 0.15) is 0 Å². The van der Waals surface area contributed by atoms with Crippen LogP contribution in [0.15, 0.2) is 47.2 Å². The minimum absolute atomic E-state index is 0.569. The standard InChI is InChI=1S/C17H18N4O/c1-3-16-20-17(22-21-16)14-7-4-8-15(12(14)2)19-11-13-6-5-9-18-10-13/h4-10,19H,3,11H2,1-2H3. The molecule has 5 heteroatoms. The van der Waals surface area contributed by atoms with Crippen LogP contribution in [0.25, 0.3) is 11.5 Å². The summed E-state index contributed by atoms with van der Waals surface area (Å²) in [6, 6.07) is 10.0. The van der Waals surface area contributed by atoms with E-state index in [1.54, 1.807) is 6.20 Å². The highest BCUT2D eigenvalue weighted by molar-refractivity contribution is 5.68. The smallest absolute Gasteiger partial charge is 0.258 e. The molecule has 0 fully saturated rings. The fourth-order valence-electron chi connectivity index (χ4n) is 2.27. The fourth-order valence-corrected chi connectivity index (χ4v) is 2.27. The van der Waals surface area contributed by atoms with Crippen molar-refractivity contribution in [2.75, 3.05) is 5.32 Å². The maximum atomic E-state index is 5.34. The first-order valence-electron chi connectivity index (χ1n) is 7.33. The van der Waals surface area contributed by atoms with E-state index in [-0.39, 0.29) is 0 Å². The molecule has 22 heavy (non-hydrogen) atoms. The van der Waals surface area contributed by atoms with E-state index in [9.17, 15) is 0 Å². The minimum atomic E-state index is 0.569. The van der Waals surface area contributed by atoms with Crippen LogP contribution in [0.3, 0.4) is 0 Å². The Morgan fingerprint density at radius 1 is 1.18 bits per heavy atom. The van der Waals surface area contributed by atoms with E-state index >= 15 is 0 Å². The second-order valence-corrected chi connectivity index (χ2v) is 5.06. The number of rotatable bonds is 5. The predicted octanol–water partition coefficient (Wildman–Crippen LogP) is 3.61. The molecule has 0 aliphatic rings. The number of aromatic nitrogens is 3. The Morgan fingerprint density at radius 3 is 2.82 bits per heavy atom. The van der Waals surface area contributed by atoms with Crippen LogP contribution in [-0.2, 0) is 13.0 Å². The molecule has 1 N–H and O–H groups in total. The lowest BCUT2D eigenvalue weighted by molar-refractivity contribution is 0.423. The zero-order chi connectivity index (χ0) is 15.4. The van der Waals surface area contributed by atoms with Crippen LogP contribution < -0.4 is 5.32 Å². The quantitative estimate of drug-likeness (QED) is 0.778. The van der Waals surface area contributed by atoms with Crippen molar-refractivity contribution in [2.24, 2.45) is 0 Å². The number of aryl methyl sites for hydroxylation is 1. The molecule has 0 radical (unpaired) electrons. The molecule has 0 spiro atoms. The maximum absolute atomic E-state index is 5.34. The van der Waals surface area contributed by atoms with Crippen molar-refractivity contribution in [3.8, 4) is 11.5 Å². The molecular formula is C17H18N4O. The van der Waals surface area contributed by atoms with Crippen LogP contribution in [0, 0.1) is 6.92 Å². The number of anilines is 1. The summed E-state index contributed by atoms with van der Waals surface area (Å²) in [5.74, 6) is 1.29. The lowest BCUT2D eigenvalue weighted by atomic mass is 10.1. The average Bonchev–Trinajstić information content (AvgIpc) is 3.04. The monoisotopic (exact) mass is 294 g/mol. The summed E-state index contributed by atoms with van der Waals surface area (Å²) >= 11 is 0. The van der Waals surface area contributed by atoms with Gasteiger partial charge in [0.2, 0.25) is 0 Å². The Bertz CT molecular complexity index is 752. The number of pyridine rings is 1. The Labute approximate surface area is 129 Å². The molecular weight excluding hydrogens is 276 g/mol. The number of benzene rings is 1. The number of nitrogens with zero attached hydrogens (tertiary/aromatic N) is 3. The van der Waals surface area contributed by atoms with Crippen LogP contribution in [-0.4, -0.2) is 15.1 Å². The molecule has 1 aromatic carbocycles. The summed E-state index contributed by atoms with van der Waals surface area (Å²) in [4.78, 5) is 8.53. The van der Waals surface area contributed by atoms with Gasteiger partial charge in [-0.1, -0.05) is 24.2 Å². The molecule has 0 amide bonds. The van der Waals surface area contributed by atoms with Crippen LogP contribution in [0.1, 0.15) is 23.9 Å².